The molecule has 5 heteroatoms. The molecule has 0 spiro atoms. The van der Waals surface area contributed by atoms with Gasteiger partial charge >= 0.3 is 5.97 Å². The minimum atomic E-state index is -0.191. The number of hydrogen-bond acceptors (Lipinski definition) is 4. The Balaban J connectivity index is 2.41. The van der Waals surface area contributed by atoms with Crippen LogP contribution in [0.15, 0.2) is 12.4 Å². The monoisotopic (exact) mass is 197 g/mol. The van der Waals surface area contributed by atoms with Crippen LogP contribution in [0.1, 0.15) is 19.2 Å². The summed E-state index contributed by atoms with van der Waals surface area (Å²) in [5.74, 6) is 0.596. The first-order valence-electron chi connectivity index (χ1n) is 4.63. The van der Waals surface area contributed by atoms with Crippen LogP contribution in [-0.2, 0) is 22.6 Å². The van der Waals surface area contributed by atoms with Crippen molar-refractivity contribution < 1.29 is 9.53 Å². The standard InChI is InChI=1S/C9H15N3O2/c1-2-14-9(13)3-5-12-6-4-11-8(12)7-10/h4,6H,2-3,5,7,10H2,1H3. The summed E-state index contributed by atoms with van der Waals surface area (Å²) in [6, 6.07) is 0. The molecule has 5 nitrogen and oxygen atoms in total. The van der Waals surface area contributed by atoms with Crippen molar-refractivity contribution in [2.45, 2.75) is 26.4 Å². The Morgan fingerprint density at radius 3 is 3.14 bits per heavy atom. The molecule has 0 unspecified atom stereocenters. The number of ether oxygens (including phenoxy) is 1. The first kappa shape index (κ1) is 10.7. The van der Waals surface area contributed by atoms with Crippen molar-refractivity contribution in [3.63, 3.8) is 0 Å². The predicted octanol–water partition coefficient (Wildman–Crippen LogP) is 0.295. The molecule has 1 heterocycles. The van der Waals surface area contributed by atoms with Crippen molar-refractivity contribution >= 4 is 5.97 Å². The highest BCUT2D eigenvalue weighted by molar-refractivity contribution is 5.69. The maximum atomic E-state index is 11.1. The number of hydrogen-bond donors (Lipinski definition) is 1. The van der Waals surface area contributed by atoms with Crippen molar-refractivity contribution in [3.05, 3.63) is 18.2 Å². The van der Waals surface area contributed by atoms with Gasteiger partial charge in [-0.15, -0.1) is 0 Å². The second-order valence-electron chi connectivity index (χ2n) is 2.80. The zero-order valence-corrected chi connectivity index (χ0v) is 8.27. The van der Waals surface area contributed by atoms with Crippen LogP contribution in [0.25, 0.3) is 0 Å². The maximum absolute atomic E-state index is 11.1. The van der Waals surface area contributed by atoms with E-state index in [1.165, 1.54) is 0 Å². The van der Waals surface area contributed by atoms with Gasteiger partial charge in [0.15, 0.2) is 0 Å². The largest absolute Gasteiger partial charge is 0.466 e. The second-order valence-corrected chi connectivity index (χ2v) is 2.80. The molecule has 78 valence electrons. The molecule has 1 rings (SSSR count). The minimum absolute atomic E-state index is 0.191. The van der Waals surface area contributed by atoms with Gasteiger partial charge in [0.2, 0.25) is 0 Å². The predicted molar refractivity (Wildman–Crippen MR) is 51.4 cm³/mol. The SMILES string of the molecule is CCOC(=O)CCn1ccnc1CN. The van der Waals surface area contributed by atoms with E-state index in [2.05, 4.69) is 4.98 Å². The highest BCUT2D eigenvalue weighted by Gasteiger charge is 2.04. The minimum Gasteiger partial charge on any atom is -0.466 e. The molecule has 0 bridgehead atoms. The average molecular weight is 197 g/mol. The van der Waals surface area contributed by atoms with Crippen molar-refractivity contribution in [1.82, 2.24) is 9.55 Å². The van der Waals surface area contributed by atoms with Crippen molar-refractivity contribution in [1.29, 1.82) is 0 Å². The number of esters is 1. The van der Waals surface area contributed by atoms with Crippen molar-refractivity contribution in [2.75, 3.05) is 6.61 Å². The zero-order valence-electron chi connectivity index (χ0n) is 8.27. The summed E-state index contributed by atoms with van der Waals surface area (Å²) in [5.41, 5.74) is 5.46. The van der Waals surface area contributed by atoms with Crippen molar-refractivity contribution in [3.8, 4) is 0 Å². The van der Waals surface area contributed by atoms with E-state index in [9.17, 15) is 4.79 Å². The van der Waals surface area contributed by atoms with Gasteiger partial charge in [-0.1, -0.05) is 0 Å². The quantitative estimate of drug-likeness (QED) is 0.689. The fraction of sp³-hybridized carbons (Fsp3) is 0.556. The number of nitrogens with zero attached hydrogens (tertiary/aromatic N) is 2. The molecule has 0 atom stereocenters. The van der Waals surface area contributed by atoms with Crippen LogP contribution in [0.5, 0.6) is 0 Å². The molecule has 0 aromatic carbocycles. The Hall–Kier alpha value is -1.36. The van der Waals surface area contributed by atoms with Crippen LogP contribution >= 0.6 is 0 Å². The fourth-order valence-electron chi connectivity index (χ4n) is 1.18. The Labute approximate surface area is 82.9 Å². The molecule has 0 aliphatic carbocycles. The van der Waals surface area contributed by atoms with Crippen LogP contribution in [0, 0.1) is 0 Å². The summed E-state index contributed by atoms with van der Waals surface area (Å²) in [7, 11) is 0. The van der Waals surface area contributed by atoms with E-state index < -0.39 is 0 Å². The topological polar surface area (TPSA) is 70.1 Å². The molecule has 1 aromatic heterocycles. The van der Waals surface area contributed by atoms with Crippen LogP contribution in [0.4, 0.5) is 0 Å². The first-order chi connectivity index (χ1) is 6.77. The van der Waals surface area contributed by atoms with E-state index in [0.29, 0.717) is 26.1 Å². The van der Waals surface area contributed by atoms with Crippen molar-refractivity contribution in [2.24, 2.45) is 5.73 Å². The van der Waals surface area contributed by atoms with Crippen LogP contribution < -0.4 is 5.73 Å². The molecule has 2 N–H and O–H groups in total. The lowest BCUT2D eigenvalue weighted by Crippen LogP contribution is -2.12. The molecule has 0 saturated carbocycles. The zero-order chi connectivity index (χ0) is 10.4. The van der Waals surface area contributed by atoms with E-state index in [0.717, 1.165) is 5.82 Å². The van der Waals surface area contributed by atoms with Crippen LogP contribution in [0.2, 0.25) is 0 Å². The van der Waals surface area contributed by atoms with Gasteiger partial charge in [-0.3, -0.25) is 4.79 Å². The number of carbonyl (C=O) groups is 1. The summed E-state index contributed by atoms with van der Waals surface area (Å²) in [6.45, 7) is 3.17. The number of imidazole rings is 1. The van der Waals surface area contributed by atoms with E-state index in [4.69, 9.17) is 10.5 Å². The molecule has 1 aromatic rings. The Kier molecular flexibility index (Phi) is 4.12. The molecule has 0 radical (unpaired) electrons. The van der Waals surface area contributed by atoms with Crippen LogP contribution in [0.3, 0.4) is 0 Å². The molecule has 0 saturated heterocycles. The number of aromatic nitrogens is 2. The normalized spacial score (nSPS) is 10.1. The van der Waals surface area contributed by atoms with E-state index >= 15 is 0 Å². The third-order valence-corrected chi connectivity index (χ3v) is 1.85. The smallest absolute Gasteiger partial charge is 0.307 e. The first-order valence-corrected chi connectivity index (χ1v) is 4.63. The Morgan fingerprint density at radius 2 is 2.50 bits per heavy atom. The van der Waals surface area contributed by atoms with Crippen LogP contribution in [-0.4, -0.2) is 22.1 Å². The van der Waals surface area contributed by atoms with E-state index in [1.54, 1.807) is 19.3 Å². The number of rotatable bonds is 5. The molecule has 0 amide bonds. The fourth-order valence-corrected chi connectivity index (χ4v) is 1.18. The van der Waals surface area contributed by atoms with Gasteiger partial charge < -0.3 is 15.0 Å². The number of nitrogens with two attached hydrogens (primary N) is 1. The molecular weight excluding hydrogens is 182 g/mol. The number of aryl methyl sites for hydroxylation is 1. The summed E-state index contributed by atoms with van der Waals surface area (Å²) >= 11 is 0. The highest BCUT2D eigenvalue weighted by atomic mass is 16.5. The molecule has 14 heavy (non-hydrogen) atoms. The molecule has 0 aliphatic rings. The van der Waals surface area contributed by atoms with Gasteiger partial charge in [0.05, 0.1) is 19.6 Å². The summed E-state index contributed by atoms with van der Waals surface area (Å²) in [4.78, 5) is 15.1. The number of carbonyl (C=O) groups excluding carboxylic acids is 1. The molecular formula is C9H15N3O2. The third-order valence-electron chi connectivity index (χ3n) is 1.85. The highest BCUT2D eigenvalue weighted by Crippen LogP contribution is 1.99. The van der Waals surface area contributed by atoms with Gasteiger partial charge in [-0.05, 0) is 6.92 Å². The molecule has 0 fully saturated rings. The van der Waals surface area contributed by atoms with E-state index in [1.807, 2.05) is 4.57 Å². The van der Waals surface area contributed by atoms with Gasteiger partial charge in [0.1, 0.15) is 5.82 Å². The lowest BCUT2D eigenvalue weighted by molar-refractivity contribution is -0.143. The Morgan fingerprint density at radius 1 is 1.71 bits per heavy atom. The summed E-state index contributed by atoms with van der Waals surface area (Å²) < 4.78 is 6.67. The second kappa shape index (κ2) is 5.39. The van der Waals surface area contributed by atoms with Gasteiger partial charge in [-0.25, -0.2) is 4.98 Å². The Bertz CT molecular complexity index is 296. The maximum Gasteiger partial charge on any atom is 0.307 e. The van der Waals surface area contributed by atoms with Gasteiger partial charge in [0.25, 0.3) is 0 Å². The molecule has 0 aliphatic heterocycles. The summed E-state index contributed by atoms with van der Waals surface area (Å²) in [6.07, 6.45) is 3.84. The lowest BCUT2D eigenvalue weighted by atomic mass is 10.4. The summed E-state index contributed by atoms with van der Waals surface area (Å²) in [5, 5.41) is 0. The van der Waals surface area contributed by atoms with Gasteiger partial charge in [0, 0.05) is 18.9 Å². The lowest BCUT2D eigenvalue weighted by Gasteiger charge is -2.05. The van der Waals surface area contributed by atoms with E-state index in [-0.39, 0.29) is 5.97 Å². The third kappa shape index (κ3) is 2.85. The van der Waals surface area contributed by atoms with Gasteiger partial charge in [-0.2, -0.15) is 0 Å². The average Bonchev–Trinajstić information content (AvgIpc) is 2.62.